The number of methoxy groups -OCH3 is 1. The highest BCUT2D eigenvalue weighted by molar-refractivity contribution is 14.0. The highest BCUT2D eigenvalue weighted by Gasteiger charge is 2.33. The lowest BCUT2D eigenvalue weighted by atomic mass is 10.1. The predicted molar refractivity (Wildman–Crippen MR) is 132 cm³/mol. The summed E-state index contributed by atoms with van der Waals surface area (Å²) in [5, 5.41) is 3.31. The van der Waals surface area contributed by atoms with Gasteiger partial charge in [0.25, 0.3) is 0 Å². The van der Waals surface area contributed by atoms with E-state index >= 15 is 0 Å². The van der Waals surface area contributed by atoms with Crippen molar-refractivity contribution in [3.05, 3.63) is 23.8 Å². The van der Waals surface area contributed by atoms with Crippen LogP contribution >= 0.6 is 24.0 Å². The lowest BCUT2D eigenvalue weighted by Crippen LogP contribution is -2.41. The van der Waals surface area contributed by atoms with E-state index in [1.54, 1.807) is 14.0 Å². The van der Waals surface area contributed by atoms with E-state index < -0.39 is 12.7 Å². The summed E-state index contributed by atoms with van der Waals surface area (Å²) in [6.45, 7) is 8.92. The van der Waals surface area contributed by atoms with Crippen LogP contribution in [0.4, 0.5) is 13.2 Å². The Morgan fingerprint density at radius 3 is 2.59 bits per heavy atom. The fraction of sp³-hybridized carbons (Fsp3) is 0.682. The Morgan fingerprint density at radius 1 is 1.25 bits per heavy atom. The molecule has 0 spiro atoms. The third kappa shape index (κ3) is 9.21. The van der Waals surface area contributed by atoms with E-state index in [0.717, 1.165) is 31.0 Å². The van der Waals surface area contributed by atoms with Gasteiger partial charge < -0.3 is 19.7 Å². The van der Waals surface area contributed by atoms with Gasteiger partial charge in [-0.3, -0.25) is 4.90 Å². The Hall–Kier alpha value is -1.43. The normalized spacial score (nSPS) is 16.8. The first-order valence-corrected chi connectivity index (χ1v) is 10.9. The molecule has 1 atom stereocenters. The lowest BCUT2D eigenvalue weighted by molar-refractivity contribution is -0.146. The Balaban J connectivity index is 0.00000512. The molecule has 2 rings (SSSR count). The molecule has 0 radical (unpaired) electrons. The quantitative estimate of drug-likeness (QED) is 0.256. The van der Waals surface area contributed by atoms with Crippen LogP contribution in [0.3, 0.4) is 0 Å². The van der Waals surface area contributed by atoms with E-state index in [2.05, 4.69) is 10.2 Å². The Morgan fingerprint density at radius 2 is 2.00 bits per heavy atom. The van der Waals surface area contributed by atoms with Gasteiger partial charge >= 0.3 is 6.18 Å². The number of guanidine groups is 1. The van der Waals surface area contributed by atoms with Crippen molar-refractivity contribution in [2.75, 3.05) is 53.0 Å². The fourth-order valence-corrected chi connectivity index (χ4v) is 3.78. The van der Waals surface area contributed by atoms with Crippen molar-refractivity contribution in [2.24, 2.45) is 10.9 Å². The minimum atomic E-state index is -4.16. The molecule has 1 aliphatic rings. The van der Waals surface area contributed by atoms with Crippen LogP contribution in [-0.2, 0) is 6.54 Å². The van der Waals surface area contributed by atoms with Gasteiger partial charge in [0.1, 0.15) is 0 Å². The molecule has 1 fully saturated rings. The zero-order valence-electron chi connectivity index (χ0n) is 19.4. The molecule has 10 heteroatoms. The van der Waals surface area contributed by atoms with Gasteiger partial charge in [0.15, 0.2) is 17.5 Å². The van der Waals surface area contributed by atoms with Crippen molar-refractivity contribution < 1.29 is 22.6 Å². The van der Waals surface area contributed by atoms with Gasteiger partial charge in [-0.15, -0.1) is 24.0 Å². The average molecular weight is 572 g/mol. The summed E-state index contributed by atoms with van der Waals surface area (Å²) in [6.07, 6.45) is -3.31. The van der Waals surface area contributed by atoms with E-state index in [-0.39, 0.29) is 29.9 Å². The smallest absolute Gasteiger partial charge is 0.401 e. The van der Waals surface area contributed by atoms with Gasteiger partial charge in [-0.25, -0.2) is 4.99 Å². The SMILES string of the molecule is CCNC(=NCc1ccc(OC)c(OCC)c1)N1CCC(CN(CC)CC(F)(F)F)C1.I. The molecule has 6 nitrogen and oxygen atoms in total. The fourth-order valence-electron chi connectivity index (χ4n) is 3.78. The van der Waals surface area contributed by atoms with Crippen LogP contribution in [0.5, 0.6) is 11.5 Å². The predicted octanol–water partition coefficient (Wildman–Crippen LogP) is 4.38. The molecule has 0 saturated carbocycles. The second-order valence-corrected chi connectivity index (χ2v) is 7.63. The number of hydrogen-bond acceptors (Lipinski definition) is 4. The van der Waals surface area contributed by atoms with Gasteiger partial charge in [0.2, 0.25) is 0 Å². The standard InChI is InChI=1S/C22H35F3N4O2.HI/c1-5-26-21(27-13-17-8-9-19(30-4)20(12-17)31-7-3)29-11-10-18(15-29)14-28(6-2)16-22(23,24)25;/h8-9,12,18H,5-7,10-11,13-16H2,1-4H3,(H,26,27);1H. The molecule has 0 amide bonds. The molecule has 1 saturated heterocycles. The first kappa shape index (κ1) is 28.6. The molecule has 0 aliphatic carbocycles. The number of alkyl halides is 3. The minimum Gasteiger partial charge on any atom is -0.493 e. The van der Waals surface area contributed by atoms with Gasteiger partial charge in [0, 0.05) is 26.2 Å². The van der Waals surface area contributed by atoms with Gasteiger partial charge in [0.05, 0.1) is 26.8 Å². The molecule has 0 aromatic heterocycles. The number of rotatable bonds is 10. The third-order valence-corrected chi connectivity index (χ3v) is 5.23. The maximum Gasteiger partial charge on any atom is 0.401 e. The number of ether oxygens (including phenoxy) is 2. The summed E-state index contributed by atoms with van der Waals surface area (Å²) in [6, 6.07) is 5.75. The third-order valence-electron chi connectivity index (χ3n) is 5.23. The minimum absolute atomic E-state index is 0. The first-order valence-electron chi connectivity index (χ1n) is 10.9. The molecule has 1 N–H and O–H groups in total. The second-order valence-electron chi connectivity index (χ2n) is 7.63. The van der Waals surface area contributed by atoms with Crippen LogP contribution in [0, 0.1) is 5.92 Å². The summed E-state index contributed by atoms with van der Waals surface area (Å²) in [7, 11) is 1.61. The van der Waals surface area contributed by atoms with Crippen molar-refractivity contribution in [3.8, 4) is 11.5 Å². The second kappa shape index (κ2) is 14.0. The van der Waals surface area contributed by atoms with Crippen molar-refractivity contribution in [2.45, 2.75) is 39.9 Å². The van der Waals surface area contributed by atoms with Crippen molar-refractivity contribution >= 4 is 29.9 Å². The highest BCUT2D eigenvalue weighted by atomic mass is 127. The zero-order chi connectivity index (χ0) is 22.9. The van der Waals surface area contributed by atoms with Crippen molar-refractivity contribution in [1.82, 2.24) is 15.1 Å². The number of likely N-dealkylation sites (tertiary alicyclic amines) is 1. The van der Waals surface area contributed by atoms with Crippen molar-refractivity contribution in [3.63, 3.8) is 0 Å². The Labute approximate surface area is 206 Å². The van der Waals surface area contributed by atoms with E-state index in [1.165, 1.54) is 4.90 Å². The maximum atomic E-state index is 12.8. The molecular formula is C22H36F3IN4O2. The Bertz CT molecular complexity index is 719. The topological polar surface area (TPSA) is 49.3 Å². The monoisotopic (exact) mass is 572 g/mol. The van der Waals surface area contributed by atoms with Crippen molar-refractivity contribution in [1.29, 1.82) is 0 Å². The van der Waals surface area contributed by atoms with E-state index in [0.29, 0.717) is 44.3 Å². The molecule has 1 unspecified atom stereocenters. The van der Waals surface area contributed by atoms with Crippen LogP contribution in [0.2, 0.25) is 0 Å². The number of hydrogen-bond donors (Lipinski definition) is 1. The largest absolute Gasteiger partial charge is 0.493 e. The van der Waals surface area contributed by atoms with Crippen LogP contribution < -0.4 is 14.8 Å². The van der Waals surface area contributed by atoms with E-state index in [4.69, 9.17) is 14.5 Å². The number of nitrogens with one attached hydrogen (secondary N) is 1. The lowest BCUT2D eigenvalue weighted by Gasteiger charge is -2.26. The van der Waals surface area contributed by atoms with Gasteiger partial charge in [-0.05, 0) is 50.4 Å². The molecule has 184 valence electrons. The summed E-state index contributed by atoms with van der Waals surface area (Å²) in [5.41, 5.74) is 0.998. The average Bonchev–Trinajstić information content (AvgIpc) is 3.18. The highest BCUT2D eigenvalue weighted by Crippen LogP contribution is 2.28. The first-order chi connectivity index (χ1) is 14.8. The maximum absolute atomic E-state index is 12.8. The van der Waals surface area contributed by atoms with Gasteiger partial charge in [-0.1, -0.05) is 13.0 Å². The van der Waals surface area contributed by atoms with Gasteiger partial charge in [-0.2, -0.15) is 13.2 Å². The molecule has 32 heavy (non-hydrogen) atoms. The molecule has 1 aromatic rings. The summed E-state index contributed by atoms with van der Waals surface area (Å²) in [5.74, 6) is 2.35. The van der Waals surface area contributed by atoms with Crippen LogP contribution in [0.25, 0.3) is 0 Å². The molecule has 1 heterocycles. The Kier molecular flexibility index (Phi) is 12.5. The summed E-state index contributed by atoms with van der Waals surface area (Å²) < 4.78 is 49.2. The summed E-state index contributed by atoms with van der Waals surface area (Å²) >= 11 is 0. The summed E-state index contributed by atoms with van der Waals surface area (Å²) in [4.78, 5) is 8.38. The molecule has 1 aliphatic heterocycles. The number of nitrogens with zero attached hydrogens (tertiary/aromatic N) is 3. The molecular weight excluding hydrogens is 536 g/mol. The number of aliphatic imine (C=N–C) groups is 1. The van der Waals surface area contributed by atoms with Crippen LogP contribution in [0.15, 0.2) is 23.2 Å². The van der Waals surface area contributed by atoms with E-state index in [9.17, 15) is 13.2 Å². The van der Waals surface area contributed by atoms with E-state index in [1.807, 2.05) is 32.0 Å². The zero-order valence-corrected chi connectivity index (χ0v) is 21.7. The number of halogens is 4. The molecule has 0 bridgehead atoms. The van der Waals surface area contributed by atoms with Crippen LogP contribution in [0.1, 0.15) is 32.8 Å². The molecule has 1 aromatic carbocycles. The van der Waals surface area contributed by atoms with Crippen LogP contribution in [-0.4, -0.2) is 74.9 Å². The number of benzene rings is 1.